The zero-order valence-corrected chi connectivity index (χ0v) is 12.7. The molecule has 0 atom stereocenters. The summed E-state index contributed by atoms with van der Waals surface area (Å²) in [5, 5.41) is 6.46. The summed E-state index contributed by atoms with van der Waals surface area (Å²) >= 11 is 1.57. The van der Waals surface area contributed by atoms with Crippen molar-refractivity contribution in [3.05, 3.63) is 59.0 Å². The van der Waals surface area contributed by atoms with Crippen LogP contribution in [0.4, 0.5) is 14.9 Å². The standard InChI is InChI=1S/C16H14FN3OS/c1-10-15(12-6-7-18-9-14(12)22-10)20-16(21)19-8-11-4-2-3-5-13(11)17/h2-7,9H,8H2,1H3,(H2,19,20,21). The van der Waals surface area contributed by atoms with Crippen LogP contribution in [0, 0.1) is 12.7 Å². The fourth-order valence-corrected chi connectivity index (χ4v) is 3.19. The molecule has 2 amide bonds. The Balaban J connectivity index is 1.71. The third kappa shape index (κ3) is 2.92. The maximum absolute atomic E-state index is 13.5. The Morgan fingerprint density at radius 3 is 2.95 bits per heavy atom. The van der Waals surface area contributed by atoms with Crippen LogP contribution in [-0.4, -0.2) is 11.0 Å². The van der Waals surface area contributed by atoms with Crippen LogP contribution in [0.15, 0.2) is 42.7 Å². The van der Waals surface area contributed by atoms with Crippen molar-refractivity contribution in [1.82, 2.24) is 10.3 Å². The molecule has 0 saturated carbocycles. The summed E-state index contributed by atoms with van der Waals surface area (Å²) in [4.78, 5) is 17.1. The average molecular weight is 315 g/mol. The highest BCUT2D eigenvalue weighted by Gasteiger charge is 2.12. The zero-order chi connectivity index (χ0) is 15.5. The first-order valence-electron chi connectivity index (χ1n) is 6.76. The molecule has 0 spiro atoms. The van der Waals surface area contributed by atoms with Gasteiger partial charge in [-0.15, -0.1) is 11.3 Å². The van der Waals surface area contributed by atoms with Crippen LogP contribution in [-0.2, 0) is 6.54 Å². The number of carbonyl (C=O) groups excluding carboxylic acids is 1. The minimum atomic E-state index is -0.358. The van der Waals surface area contributed by atoms with Crippen LogP contribution in [0.1, 0.15) is 10.4 Å². The van der Waals surface area contributed by atoms with Gasteiger partial charge in [-0.05, 0) is 19.1 Å². The van der Waals surface area contributed by atoms with E-state index < -0.39 is 0 Å². The fourth-order valence-electron chi connectivity index (χ4n) is 2.20. The third-order valence-corrected chi connectivity index (χ3v) is 4.36. The van der Waals surface area contributed by atoms with Gasteiger partial charge in [0.15, 0.2) is 0 Å². The normalized spacial score (nSPS) is 10.6. The van der Waals surface area contributed by atoms with Crippen molar-refractivity contribution in [2.45, 2.75) is 13.5 Å². The van der Waals surface area contributed by atoms with Gasteiger partial charge in [0.25, 0.3) is 0 Å². The number of pyridine rings is 1. The van der Waals surface area contributed by atoms with E-state index in [2.05, 4.69) is 15.6 Å². The van der Waals surface area contributed by atoms with Gasteiger partial charge in [0, 0.05) is 34.8 Å². The van der Waals surface area contributed by atoms with Gasteiger partial charge in [0.2, 0.25) is 0 Å². The Hall–Kier alpha value is -2.47. The van der Waals surface area contributed by atoms with Crippen LogP contribution < -0.4 is 10.6 Å². The second-order valence-corrected chi connectivity index (χ2v) is 6.06. The number of anilines is 1. The SMILES string of the molecule is Cc1sc2cnccc2c1NC(=O)NCc1ccccc1F. The lowest BCUT2D eigenvalue weighted by Crippen LogP contribution is -2.28. The number of carbonyl (C=O) groups is 1. The quantitative estimate of drug-likeness (QED) is 0.765. The van der Waals surface area contributed by atoms with Gasteiger partial charge in [-0.1, -0.05) is 18.2 Å². The number of aromatic nitrogens is 1. The Morgan fingerprint density at radius 1 is 1.32 bits per heavy atom. The first kappa shape index (κ1) is 14.5. The number of rotatable bonds is 3. The molecule has 0 unspecified atom stereocenters. The minimum Gasteiger partial charge on any atom is -0.334 e. The summed E-state index contributed by atoms with van der Waals surface area (Å²) in [6.45, 7) is 2.08. The third-order valence-electron chi connectivity index (χ3n) is 3.30. The molecule has 0 radical (unpaired) electrons. The smallest absolute Gasteiger partial charge is 0.319 e. The summed E-state index contributed by atoms with van der Waals surface area (Å²) in [5.74, 6) is -0.328. The van der Waals surface area contributed by atoms with Gasteiger partial charge < -0.3 is 10.6 Å². The Kier molecular flexibility index (Phi) is 4.02. The summed E-state index contributed by atoms with van der Waals surface area (Å²) in [6.07, 6.45) is 3.46. The number of hydrogen-bond acceptors (Lipinski definition) is 3. The van der Waals surface area contributed by atoms with E-state index in [0.29, 0.717) is 5.56 Å². The van der Waals surface area contributed by atoms with Crippen molar-refractivity contribution in [3.8, 4) is 0 Å². The lowest BCUT2D eigenvalue weighted by atomic mass is 10.2. The monoisotopic (exact) mass is 315 g/mol. The van der Waals surface area contributed by atoms with E-state index in [1.54, 1.807) is 41.9 Å². The van der Waals surface area contributed by atoms with Gasteiger partial charge in [0.05, 0.1) is 10.4 Å². The van der Waals surface area contributed by atoms with Crippen molar-refractivity contribution < 1.29 is 9.18 Å². The van der Waals surface area contributed by atoms with Gasteiger partial charge in [0.1, 0.15) is 5.82 Å². The van der Waals surface area contributed by atoms with E-state index in [-0.39, 0.29) is 18.4 Å². The molecule has 0 aliphatic carbocycles. The predicted molar refractivity (Wildman–Crippen MR) is 86.6 cm³/mol. The zero-order valence-electron chi connectivity index (χ0n) is 11.9. The van der Waals surface area contributed by atoms with Crippen LogP contribution in [0.3, 0.4) is 0 Å². The number of urea groups is 1. The van der Waals surface area contributed by atoms with Crippen LogP contribution in [0.25, 0.3) is 10.1 Å². The maximum atomic E-state index is 13.5. The summed E-state index contributed by atoms with van der Waals surface area (Å²) in [6, 6.07) is 7.88. The van der Waals surface area contributed by atoms with Crippen LogP contribution >= 0.6 is 11.3 Å². The highest BCUT2D eigenvalue weighted by atomic mass is 32.1. The molecule has 112 valence electrons. The van der Waals surface area contributed by atoms with Gasteiger partial charge in [-0.25, -0.2) is 9.18 Å². The fraction of sp³-hybridized carbons (Fsp3) is 0.125. The number of halogens is 1. The summed E-state index contributed by atoms with van der Waals surface area (Å²) < 4.78 is 14.5. The number of hydrogen-bond donors (Lipinski definition) is 2. The first-order chi connectivity index (χ1) is 10.6. The second-order valence-electron chi connectivity index (χ2n) is 4.80. The Morgan fingerprint density at radius 2 is 2.14 bits per heavy atom. The van der Waals surface area contributed by atoms with Gasteiger partial charge in [-0.3, -0.25) is 4.98 Å². The van der Waals surface area contributed by atoms with E-state index in [1.165, 1.54) is 6.07 Å². The maximum Gasteiger partial charge on any atom is 0.319 e. The number of nitrogens with zero attached hydrogens (tertiary/aromatic N) is 1. The van der Waals surface area contributed by atoms with Crippen molar-refractivity contribution in [3.63, 3.8) is 0 Å². The van der Waals surface area contributed by atoms with E-state index in [1.807, 2.05) is 13.0 Å². The predicted octanol–water partition coefficient (Wildman–Crippen LogP) is 4.07. The lowest BCUT2D eigenvalue weighted by Gasteiger charge is -2.08. The first-order valence-corrected chi connectivity index (χ1v) is 7.58. The Labute approximate surface area is 131 Å². The van der Waals surface area contributed by atoms with Crippen molar-refractivity contribution in [1.29, 1.82) is 0 Å². The molecule has 22 heavy (non-hydrogen) atoms. The number of benzene rings is 1. The number of nitrogens with one attached hydrogen (secondary N) is 2. The molecule has 1 aromatic carbocycles. The molecule has 0 aliphatic rings. The molecule has 2 heterocycles. The van der Waals surface area contributed by atoms with E-state index in [4.69, 9.17) is 0 Å². The number of aryl methyl sites for hydroxylation is 1. The Bertz CT molecular complexity index is 831. The largest absolute Gasteiger partial charge is 0.334 e. The lowest BCUT2D eigenvalue weighted by molar-refractivity contribution is 0.251. The minimum absolute atomic E-state index is 0.140. The molecular weight excluding hydrogens is 301 g/mol. The summed E-state index contributed by atoms with van der Waals surface area (Å²) in [7, 11) is 0. The molecule has 0 aliphatic heterocycles. The molecule has 0 fully saturated rings. The molecule has 6 heteroatoms. The van der Waals surface area contributed by atoms with E-state index >= 15 is 0 Å². The molecule has 0 bridgehead atoms. The average Bonchev–Trinajstić information content (AvgIpc) is 2.83. The van der Waals surface area contributed by atoms with Crippen LogP contribution in [0.5, 0.6) is 0 Å². The van der Waals surface area contributed by atoms with Crippen molar-refractivity contribution in [2.75, 3.05) is 5.32 Å². The highest BCUT2D eigenvalue weighted by molar-refractivity contribution is 7.19. The van der Waals surface area contributed by atoms with Crippen molar-refractivity contribution >= 4 is 33.1 Å². The van der Waals surface area contributed by atoms with Crippen LogP contribution in [0.2, 0.25) is 0 Å². The summed E-state index contributed by atoms with van der Waals surface area (Å²) in [5.41, 5.74) is 1.22. The number of thiophene rings is 1. The van der Waals surface area contributed by atoms with Crippen molar-refractivity contribution in [2.24, 2.45) is 0 Å². The molecule has 3 rings (SSSR count). The molecule has 0 saturated heterocycles. The van der Waals surface area contributed by atoms with Gasteiger partial charge >= 0.3 is 6.03 Å². The second kappa shape index (κ2) is 6.11. The van der Waals surface area contributed by atoms with Gasteiger partial charge in [-0.2, -0.15) is 0 Å². The molecule has 2 N–H and O–H groups in total. The van der Waals surface area contributed by atoms with E-state index in [0.717, 1.165) is 20.7 Å². The molecule has 3 aromatic rings. The van der Waals surface area contributed by atoms with E-state index in [9.17, 15) is 9.18 Å². The number of fused-ring (bicyclic) bond motifs is 1. The molecular formula is C16H14FN3OS. The molecule has 2 aromatic heterocycles. The molecule has 4 nitrogen and oxygen atoms in total. The topological polar surface area (TPSA) is 54.0 Å². The number of amides is 2. The highest BCUT2D eigenvalue weighted by Crippen LogP contribution is 2.34.